The molecule has 0 aliphatic rings. The smallest absolute Gasteiger partial charge is 0.643 e. The average Bonchev–Trinajstić information content (AvgIpc) is 2.85. The van der Waals surface area contributed by atoms with Crippen molar-refractivity contribution in [1.29, 1.82) is 0 Å². The molecule has 0 aliphatic heterocycles. The molecule has 34 heavy (non-hydrogen) atoms. The second-order valence-electron chi connectivity index (χ2n) is 6.99. The van der Waals surface area contributed by atoms with E-state index in [1.807, 2.05) is 12.1 Å². The minimum atomic E-state index is -0.672. The number of urea groups is 1. The predicted octanol–water partition coefficient (Wildman–Crippen LogP) is 0.987. The second kappa shape index (κ2) is 14.4. The van der Waals surface area contributed by atoms with E-state index in [1.165, 1.54) is 0 Å². The van der Waals surface area contributed by atoms with E-state index in [0.717, 1.165) is 0 Å². The summed E-state index contributed by atoms with van der Waals surface area (Å²) in [4.78, 5) is 37.1. The Balaban J connectivity index is 0.00000204. The fraction of sp³-hybridized carbons (Fsp3) is 0. The first-order valence-electron chi connectivity index (χ1n) is 9.97. The second-order valence-corrected chi connectivity index (χ2v) is 6.99. The average molecular weight is 497 g/mol. The molecule has 4 rings (SSSR count). The zero-order valence-electron chi connectivity index (χ0n) is 19.0. The number of benzene rings is 4. The standard InChI is InChI=1S/C27H20N2O3.2K/c30-25(19-7-3-1-4-8-19)21-11-15-23(16-12-21)28-27(32)29-24-17-13-22(14-18-24)26(31)20-9-5-2-6-10-20;;/h1-18H,(H2,28,29,30,31,32);;/q;2*+1/p-2. The van der Waals surface area contributed by atoms with Crippen LogP contribution in [0.25, 0.3) is 10.6 Å². The van der Waals surface area contributed by atoms with Gasteiger partial charge in [-0.1, -0.05) is 109 Å². The van der Waals surface area contributed by atoms with Crippen LogP contribution in [0, 0.1) is 0 Å². The van der Waals surface area contributed by atoms with Crippen LogP contribution in [0.5, 0.6) is 0 Å². The van der Waals surface area contributed by atoms with Crippen molar-refractivity contribution in [3.63, 3.8) is 0 Å². The molecule has 0 spiro atoms. The van der Waals surface area contributed by atoms with Gasteiger partial charge in [-0.05, 0) is 6.03 Å². The van der Waals surface area contributed by atoms with Crippen molar-refractivity contribution < 1.29 is 117 Å². The van der Waals surface area contributed by atoms with E-state index >= 15 is 0 Å². The maximum atomic E-state index is 12.4. The molecular weight excluding hydrogens is 479 g/mol. The third-order valence-electron chi connectivity index (χ3n) is 4.78. The molecule has 0 atom stereocenters. The van der Waals surface area contributed by atoms with Crippen LogP contribution < -0.4 is 103 Å². The maximum Gasteiger partial charge on any atom is 1.00 e. The largest absolute Gasteiger partial charge is 1.00 e. The molecule has 0 aliphatic carbocycles. The third kappa shape index (κ3) is 7.89. The molecule has 0 saturated heterocycles. The van der Waals surface area contributed by atoms with Gasteiger partial charge in [0.2, 0.25) is 0 Å². The third-order valence-corrected chi connectivity index (χ3v) is 4.78. The summed E-state index contributed by atoms with van der Waals surface area (Å²) in [6, 6.07) is 30.2. The molecule has 0 saturated carbocycles. The number of hydrogen-bond acceptors (Lipinski definition) is 3. The van der Waals surface area contributed by atoms with E-state index in [4.69, 9.17) is 0 Å². The van der Waals surface area contributed by atoms with Gasteiger partial charge in [0.1, 0.15) is 0 Å². The van der Waals surface area contributed by atoms with Crippen LogP contribution in [0.2, 0.25) is 0 Å². The molecule has 0 aromatic heterocycles. The quantitative estimate of drug-likeness (QED) is 0.295. The molecule has 0 radical (unpaired) electrons. The van der Waals surface area contributed by atoms with E-state index in [0.29, 0.717) is 33.6 Å². The number of nitrogens with zero attached hydrogens (tertiary/aromatic N) is 2. The number of hydrogen-bond donors (Lipinski definition) is 0. The zero-order valence-corrected chi connectivity index (χ0v) is 25.3. The van der Waals surface area contributed by atoms with Gasteiger partial charge >= 0.3 is 103 Å². The summed E-state index contributed by atoms with van der Waals surface area (Å²) in [5.74, 6) is -0.198. The zero-order chi connectivity index (χ0) is 22.3. The monoisotopic (exact) mass is 496 g/mol. The molecule has 5 nitrogen and oxygen atoms in total. The minimum absolute atomic E-state index is 0. The van der Waals surface area contributed by atoms with Crippen LogP contribution in [0.15, 0.2) is 109 Å². The Kier molecular flexibility index (Phi) is 12.2. The molecule has 7 heteroatoms. The van der Waals surface area contributed by atoms with E-state index in [-0.39, 0.29) is 114 Å². The summed E-state index contributed by atoms with van der Waals surface area (Å²) in [6.45, 7) is 0. The van der Waals surface area contributed by atoms with Gasteiger partial charge in [0.25, 0.3) is 0 Å². The van der Waals surface area contributed by atoms with Crippen molar-refractivity contribution in [1.82, 2.24) is 0 Å². The Hall–Kier alpha value is -1.24. The van der Waals surface area contributed by atoms with Gasteiger partial charge in [-0.3, -0.25) is 9.59 Å². The van der Waals surface area contributed by atoms with Gasteiger partial charge in [0, 0.05) is 22.3 Å². The van der Waals surface area contributed by atoms with Crippen molar-refractivity contribution in [2.45, 2.75) is 0 Å². The van der Waals surface area contributed by atoms with Gasteiger partial charge in [0.05, 0.1) is 0 Å². The fourth-order valence-corrected chi connectivity index (χ4v) is 3.13. The number of carbonyl (C=O) groups is 3. The summed E-state index contributed by atoms with van der Waals surface area (Å²) in [5, 5.41) is 7.90. The first-order valence-corrected chi connectivity index (χ1v) is 9.97. The summed E-state index contributed by atoms with van der Waals surface area (Å²) in [5.41, 5.74) is 3.02. The molecule has 4 aromatic carbocycles. The van der Waals surface area contributed by atoms with Crippen molar-refractivity contribution in [2.24, 2.45) is 0 Å². The van der Waals surface area contributed by atoms with Gasteiger partial charge in [-0.25, -0.2) is 0 Å². The normalized spacial score (nSPS) is 9.65. The maximum absolute atomic E-state index is 12.4. The number of rotatable bonds is 6. The molecule has 2 amide bonds. The van der Waals surface area contributed by atoms with Crippen LogP contribution in [-0.2, 0) is 0 Å². The fourth-order valence-electron chi connectivity index (χ4n) is 3.13. The molecule has 0 N–H and O–H groups in total. The van der Waals surface area contributed by atoms with Crippen molar-refractivity contribution in [3.05, 3.63) is 142 Å². The van der Waals surface area contributed by atoms with Crippen molar-refractivity contribution in [3.8, 4) is 0 Å². The van der Waals surface area contributed by atoms with Crippen LogP contribution in [0.1, 0.15) is 31.8 Å². The molecule has 0 heterocycles. The van der Waals surface area contributed by atoms with E-state index in [9.17, 15) is 14.4 Å². The van der Waals surface area contributed by atoms with Crippen LogP contribution in [0.3, 0.4) is 0 Å². The Morgan fingerprint density at radius 3 is 1.03 bits per heavy atom. The molecule has 4 aromatic rings. The van der Waals surface area contributed by atoms with Gasteiger partial charge < -0.3 is 15.4 Å². The van der Waals surface area contributed by atoms with Crippen molar-refractivity contribution in [2.75, 3.05) is 0 Å². The molecule has 0 fully saturated rings. The summed E-state index contributed by atoms with van der Waals surface area (Å²) >= 11 is 0. The Labute approximate surface area is 283 Å². The molecule has 156 valence electrons. The molecular formula is C27H18K2N2O3. The predicted molar refractivity (Wildman–Crippen MR) is 124 cm³/mol. The van der Waals surface area contributed by atoms with Crippen LogP contribution in [0.4, 0.5) is 16.2 Å². The summed E-state index contributed by atoms with van der Waals surface area (Å²) in [6.07, 6.45) is 0. The van der Waals surface area contributed by atoms with Gasteiger partial charge in [-0.2, -0.15) is 0 Å². The van der Waals surface area contributed by atoms with Gasteiger partial charge in [-0.15, -0.1) is 11.4 Å². The first kappa shape index (κ1) is 29.0. The number of carbonyl (C=O) groups excluding carboxylic acids is 3. The summed E-state index contributed by atoms with van der Waals surface area (Å²) < 4.78 is 0. The Morgan fingerprint density at radius 2 is 0.706 bits per heavy atom. The number of ketones is 2. The van der Waals surface area contributed by atoms with E-state index in [2.05, 4.69) is 10.6 Å². The summed E-state index contributed by atoms with van der Waals surface area (Å²) in [7, 11) is 0. The minimum Gasteiger partial charge on any atom is -0.643 e. The number of amides is 2. The Morgan fingerprint density at radius 1 is 0.412 bits per heavy atom. The SMILES string of the molecule is O=C([N-]c1ccc(C(=O)c2ccccc2)cc1)[N-]c1ccc(C(=O)c2ccccc2)cc1.[K+].[K+]. The van der Waals surface area contributed by atoms with E-state index < -0.39 is 6.03 Å². The topological polar surface area (TPSA) is 79.4 Å². The van der Waals surface area contributed by atoms with Crippen LogP contribution >= 0.6 is 0 Å². The van der Waals surface area contributed by atoms with Gasteiger partial charge in [0.15, 0.2) is 11.6 Å². The van der Waals surface area contributed by atoms with Crippen molar-refractivity contribution >= 4 is 29.0 Å². The molecule has 0 unspecified atom stereocenters. The van der Waals surface area contributed by atoms with Crippen LogP contribution in [-0.4, -0.2) is 17.6 Å². The van der Waals surface area contributed by atoms with E-state index in [1.54, 1.807) is 97.1 Å². The Bertz CT molecular complexity index is 1150. The first-order chi connectivity index (χ1) is 15.6. The molecule has 0 bridgehead atoms.